The largest absolute Gasteiger partial charge is 0.481 e. The Labute approximate surface area is 136 Å². The van der Waals surface area contributed by atoms with Gasteiger partial charge in [0.15, 0.2) is 0 Å². The average molecular weight is 307 g/mol. The fourth-order valence-electron chi connectivity index (χ4n) is 3.08. The summed E-state index contributed by atoms with van der Waals surface area (Å²) in [6, 6.07) is 14.3. The molecule has 0 atom stereocenters. The van der Waals surface area contributed by atoms with Crippen LogP contribution in [-0.2, 0) is 11.2 Å². The molecule has 3 heteroatoms. The van der Waals surface area contributed by atoms with E-state index in [-0.39, 0.29) is 6.42 Å². The second-order valence-electron chi connectivity index (χ2n) is 6.34. The lowest BCUT2D eigenvalue weighted by Gasteiger charge is -2.06. The van der Waals surface area contributed by atoms with Gasteiger partial charge < -0.3 is 10.1 Å². The fourth-order valence-corrected chi connectivity index (χ4v) is 3.08. The number of hydrogen-bond acceptors (Lipinski definition) is 1. The Bertz CT molecular complexity index is 857. The number of carboxylic acids is 1. The van der Waals surface area contributed by atoms with Gasteiger partial charge in [0.2, 0.25) is 0 Å². The summed E-state index contributed by atoms with van der Waals surface area (Å²) in [7, 11) is 0. The van der Waals surface area contributed by atoms with Crippen molar-refractivity contribution in [2.24, 2.45) is 0 Å². The van der Waals surface area contributed by atoms with Crippen molar-refractivity contribution in [3.8, 4) is 11.3 Å². The SMILES string of the molecule is Cc1ccc(-c2[nH]c3c(C(C)C)cccc3c2CC(=O)O)cc1. The molecule has 3 rings (SSSR count). The lowest BCUT2D eigenvalue weighted by Crippen LogP contribution is -2.01. The summed E-state index contributed by atoms with van der Waals surface area (Å²) in [5.74, 6) is -0.435. The number of hydrogen-bond donors (Lipinski definition) is 2. The van der Waals surface area contributed by atoms with Gasteiger partial charge in [-0.05, 0) is 29.5 Å². The monoisotopic (exact) mass is 307 g/mol. The molecule has 0 unspecified atom stereocenters. The van der Waals surface area contributed by atoms with E-state index < -0.39 is 5.97 Å². The Hall–Kier alpha value is -2.55. The molecule has 0 spiro atoms. The molecular weight excluding hydrogens is 286 g/mol. The van der Waals surface area contributed by atoms with E-state index in [4.69, 9.17) is 0 Å². The topological polar surface area (TPSA) is 53.1 Å². The average Bonchev–Trinajstić information content (AvgIpc) is 2.86. The van der Waals surface area contributed by atoms with Gasteiger partial charge >= 0.3 is 5.97 Å². The number of para-hydroxylation sites is 1. The highest BCUT2D eigenvalue weighted by Gasteiger charge is 2.18. The molecule has 0 bridgehead atoms. The summed E-state index contributed by atoms with van der Waals surface area (Å²) in [5, 5.41) is 10.3. The lowest BCUT2D eigenvalue weighted by molar-refractivity contribution is -0.136. The van der Waals surface area contributed by atoms with E-state index in [1.807, 2.05) is 31.2 Å². The standard InChI is InChI=1S/C20H21NO2/c1-12(2)15-5-4-6-16-17(11-18(22)23)19(21-20(15)16)14-9-7-13(3)8-10-14/h4-10,12,21H,11H2,1-3H3,(H,22,23). The number of fused-ring (bicyclic) bond motifs is 1. The van der Waals surface area contributed by atoms with Crippen LogP contribution in [0.15, 0.2) is 42.5 Å². The first-order chi connectivity index (χ1) is 11.0. The van der Waals surface area contributed by atoms with Gasteiger partial charge in [-0.1, -0.05) is 61.9 Å². The molecular formula is C20H21NO2. The summed E-state index contributed by atoms with van der Waals surface area (Å²) in [6.45, 7) is 6.35. The molecule has 0 aliphatic carbocycles. The Kier molecular flexibility index (Phi) is 3.95. The van der Waals surface area contributed by atoms with Crippen molar-refractivity contribution in [1.82, 2.24) is 4.98 Å². The van der Waals surface area contributed by atoms with Gasteiger partial charge in [-0.15, -0.1) is 0 Å². The molecule has 3 nitrogen and oxygen atoms in total. The predicted molar refractivity (Wildman–Crippen MR) is 93.9 cm³/mol. The fraction of sp³-hybridized carbons (Fsp3) is 0.250. The molecule has 3 aromatic rings. The number of aromatic amines is 1. The van der Waals surface area contributed by atoms with Crippen LogP contribution in [-0.4, -0.2) is 16.1 Å². The van der Waals surface area contributed by atoms with E-state index in [2.05, 4.69) is 37.0 Å². The van der Waals surface area contributed by atoms with Crippen LogP contribution in [0.1, 0.15) is 36.5 Å². The van der Waals surface area contributed by atoms with Crippen molar-refractivity contribution in [2.75, 3.05) is 0 Å². The third kappa shape index (κ3) is 2.87. The smallest absolute Gasteiger partial charge is 0.307 e. The molecule has 1 aromatic heterocycles. The van der Waals surface area contributed by atoms with Crippen molar-refractivity contribution in [1.29, 1.82) is 0 Å². The first kappa shape index (κ1) is 15.3. The number of rotatable bonds is 4. The van der Waals surface area contributed by atoms with Gasteiger partial charge in [0.05, 0.1) is 12.1 Å². The quantitative estimate of drug-likeness (QED) is 0.720. The zero-order valence-electron chi connectivity index (χ0n) is 13.7. The normalized spacial score (nSPS) is 11.3. The van der Waals surface area contributed by atoms with Crippen LogP contribution in [0.4, 0.5) is 0 Å². The van der Waals surface area contributed by atoms with E-state index in [0.29, 0.717) is 5.92 Å². The molecule has 0 saturated heterocycles. The number of carbonyl (C=O) groups is 1. The number of benzene rings is 2. The van der Waals surface area contributed by atoms with E-state index in [1.54, 1.807) is 0 Å². The third-order valence-electron chi connectivity index (χ3n) is 4.26. The van der Waals surface area contributed by atoms with Crippen molar-refractivity contribution in [3.05, 3.63) is 59.2 Å². The van der Waals surface area contributed by atoms with Crippen molar-refractivity contribution in [2.45, 2.75) is 33.1 Å². The van der Waals surface area contributed by atoms with Crippen molar-refractivity contribution in [3.63, 3.8) is 0 Å². The highest BCUT2D eigenvalue weighted by molar-refractivity contribution is 5.95. The van der Waals surface area contributed by atoms with Crippen LogP contribution in [0, 0.1) is 6.92 Å². The zero-order valence-corrected chi connectivity index (χ0v) is 13.7. The van der Waals surface area contributed by atoms with Gasteiger partial charge in [-0.25, -0.2) is 0 Å². The van der Waals surface area contributed by atoms with Gasteiger partial charge in [0.25, 0.3) is 0 Å². The molecule has 0 aliphatic rings. The summed E-state index contributed by atoms with van der Waals surface area (Å²) in [4.78, 5) is 14.8. The zero-order chi connectivity index (χ0) is 16.6. The molecule has 0 saturated carbocycles. The molecule has 1 heterocycles. The minimum absolute atomic E-state index is 0.0186. The van der Waals surface area contributed by atoms with Gasteiger partial charge in [0.1, 0.15) is 0 Å². The molecule has 118 valence electrons. The van der Waals surface area contributed by atoms with Crippen molar-refractivity contribution < 1.29 is 9.90 Å². The molecule has 23 heavy (non-hydrogen) atoms. The number of nitrogens with one attached hydrogen (secondary N) is 1. The molecule has 2 aromatic carbocycles. The second kappa shape index (κ2) is 5.92. The summed E-state index contributed by atoms with van der Waals surface area (Å²) >= 11 is 0. The lowest BCUT2D eigenvalue weighted by atomic mass is 9.97. The molecule has 2 N–H and O–H groups in total. The molecule has 0 aliphatic heterocycles. The van der Waals surface area contributed by atoms with Crippen molar-refractivity contribution >= 4 is 16.9 Å². The molecule has 0 radical (unpaired) electrons. The van der Waals surface area contributed by atoms with E-state index in [9.17, 15) is 9.90 Å². The summed E-state index contributed by atoms with van der Waals surface area (Å²) < 4.78 is 0. The number of aromatic nitrogens is 1. The second-order valence-corrected chi connectivity index (χ2v) is 6.34. The Morgan fingerprint density at radius 1 is 1.13 bits per heavy atom. The van der Waals surface area contributed by atoms with Crippen LogP contribution in [0.2, 0.25) is 0 Å². The van der Waals surface area contributed by atoms with Crippen LogP contribution >= 0.6 is 0 Å². The molecule has 0 amide bonds. The Balaban J connectivity index is 2.29. The first-order valence-electron chi connectivity index (χ1n) is 7.89. The number of aliphatic carboxylic acids is 1. The maximum Gasteiger partial charge on any atom is 0.307 e. The minimum Gasteiger partial charge on any atom is -0.481 e. The summed E-state index contributed by atoms with van der Waals surface area (Å²) in [6.07, 6.45) is 0.0186. The van der Waals surface area contributed by atoms with Crippen LogP contribution in [0.3, 0.4) is 0 Å². The highest BCUT2D eigenvalue weighted by atomic mass is 16.4. The third-order valence-corrected chi connectivity index (χ3v) is 4.26. The highest BCUT2D eigenvalue weighted by Crippen LogP contribution is 2.34. The number of aryl methyl sites for hydroxylation is 1. The summed E-state index contributed by atoms with van der Waals surface area (Å²) in [5.41, 5.74) is 6.25. The van der Waals surface area contributed by atoms with E-state index in [1.165, 1.54) is 11.1 Å². The number of H-pyrrole nitrogens is 1. The van der Waals surface area contributed by atoms with Crippen LogP contribution in [0.5, 0.6) is 0 Å². The van der Waals surface area contributed by atoms with Gasteiger partial charge in [0, 0.05) is 10.9 Å². The van der Waals surface area contributed by atoms with Crippen LogP contribution in [0.25, 0.3) is 22.2 Å². The van der Waals surface area contributed by atoms with E-state index >= 15 is 0 Å². The van der Waals surface area contributed by atoms with Gasteiger partial charge in [-0.3, -0.25) is 4.79 Å². The maximum atomic E-state index is 11.4. The Morgan fingerprint density at radius 3 is 2.43 bits per heavy atom. The minimum atomic E-state index is -0.811. The van der Waals surface area contributed by atoms with Gasteiger partial charge in [-0.2, -0.15) is 0 Å². The number of carboxylic acid groups (broad SMARTS) is 1. The van der Waals surface area contributed by atoms with Crippen LogP contribution < -0.4 is 0 Å². The predicted octanol–water partition coefficient (Wildman–Crippen LogP) is 4.89. The first-order valence-corrected chi connectivity index (χ1v) is 7.89. The Morgan fingerprint density at radius 2 is 1.83 bits per heavy atom. The van der Waals surface area contributed by atoms with E-state index in [0.717, 1.165) is 27.7 Å². The molecule has 0 fully saturated rings. The maximum absolute atomic E-state index is 11.4.